The lowest BCUT2D eigenvalue weighted by Gasteiger charge is -2.32. The van der Waals surface area contributed by atoms with E-state index in [0.29, 0.717) is 24.1 Å². The van der Waals surface area contributed by atoms with Crippen molar-refractivity contribution in [2.45, 2.75) is 73.1 Å². The van der Waals surface area contributed by atoms with E-state index in [1.54, 1.807) is 36.4 Å². The number of halogens is 3. The number of amides is 4. The highest BCUT2D eigenvalue weighted by atomic mass is 32.2. The van der Waals surface area contributed by atoms with Crippen LogP contribution in [-0.2, 0) is 59.2 Å². The number of aromatic nitrogens is 4. The van der Waals surface area contributed by atoms with Gasteiger partial charge >= 0.3 is 55.7 Å². The predicted octanol–water partition coefficient (Wildman–Crippen LogP) is 4.57. The van der Waals surface area contributed by atoms with Crippen molar-refractivity contribution in [1.82, 2.24) is 29.7 Å². The Labute approximate surface area is 457 Å². The average Bonchev–Trinajstić information content (AvgIpc) is 4.02. The quantitative estimate of drug-likeness (QED) is 0.0187. The van der Waals surface area contributed by atoms with Crippen LogP contribution in [0.4, 0.5) is 44.7 Å². The van der Waals surface area contributed by atoms with Crippen LogP contribution in [0.1, 0.15) is 12.6 Å². The van der Waals surface area contributed by atoms with Gasteiger partial charge in [-0.3, -0.25) is 29.1 Å². The number of phosphoric ester groups is 2. The summed E-state index contributed by atoms with van der Waals surface area (Å²) in [5, 5.41) is 41.5. The largest absolute Gasteiger partial charge is 0.490 e. The summed E-state index contributed by atoms with van der Waals surface area (Å²) >= 11 is 2.12. The fourth-order valence-corrected chi connectivity index (χ4v) is 13.4. The van der Waals surface area contributed by atoms with Crippen molar-refractivity contribution in [3.8, 4) is 0 Å². The molecule has 0 aliphatic carbocycles. The van der Waals surface area contributed by atoms with E-state index in [-0.39, 0.29) is 33.5 Å². The molecule has 5 unspecified atom stereocenters. The minimum Gasteiger partial charge on any atom is -0.439 e. The van der Waals surface area contributed by atoms with Gasteiger partial charge in [-0.05, 0) is 36.6 Å². The molecule has 5 heterocycles. The molecule has 7 rings (SSSR count). The normalized spacial score (nSPS) is 26.1. The summed E-state index contributed by atoms with van der Waals surface area (Å²) in [5.41, 5.74) is 0.334. The van der Waals surface area contributed by atoms with Gasteiger partial charge in [-0.2, -0.15) is 37.9 Å². The van der Waals surface area contributed by atoms with E-state index < -0.39 is 136 Å². The second kappa shape index (κ2) is 26.6. The molecule has 0 saturated carbocycles. The topological polar surface area (TPSA) is 439 Å². The molecular weight excluding hydrogens is 1210 g/mol. The third kappa shape index (κ3) is 17.6. The van der Waals surface area contributed by atoms with Crippen LogP contribution in [0.2, 0.25) is 0 Å². The Bertz CT molecular complexity index is 3060. The number of aliphatic hydroxyl groups excluding tert-OH is 3. The zero-order valence-corrected chi connectivity index (χ0v) is 45.8. The van der Waals surface area contributed by atoms with Gasteiger partial charge in [0.05, 0.1) is 26.0 Å². The molecule has 3 aliphatic rings. The number of hydrogen-bond donors (Lipinski definition) is 11. The minimum absolute atomic E-state index is 0.0635. The Morgan fingerprint density at radius 2 is 1.31 bits per heavy atom. The van der Waals surface area contributed by atoms with Crippen LogP contribution in [0, 0.1) is 0 Å². The molecule has 2 fully saturated rings. The van der Waals surface area contributed by atoms with Crippen LogP contribution in [0.15, 0.2) is 84.4 Å². The number of nitrogens with zero attached hydrogens (tertiary/aromatic N) is 5. The second-order valence-corrected chi connectivity index (χ2v) is 24.8. The van der Waals surface area contributed by atoms with Gasteiger partial charge in [0.2, 0.25) is 0 Å². The lowest BCUT2D eigenvalue weighted by Crippen LogP contribution is -2.54. The van der Waals surface area contributed by atoms with Gasteiger partial charge < -0.3 is 64.5 Å². The van der Waals surface area contributed by atoms with Crippen LogP contribution in [0.5, 0.6) is 0 Å². The third-order valence-corrected chi connectivity index (χ3v) is 18.0. The number of anilines is 3. The molecule has 2 aromatic heterocycles. The smallest absolute Gasteiger partial charge is 0.439 e. The van der Waals surface area contributed by atoms with Crippen molar-refractivity contribution in [2.24, 2.45) is 0 Å². The second-order valence-electron chi connectivity index (χ2n) is 16.5. The van der Waals surface area contributed by atoms with Gasteiger partial charge in [-0.15, -0.1) is 0 Å². The Morgan fingerprint density at radius 3 is 1.88 bits per heavy atom. The lowest BCUT2D eigenvalue weighted by molar-refractivity contribution is -0.129. The number of aliphatic hydroxyl groups is 3. The molecule has 0 bridgehead atoms. The number of carbonyl (C=O) groups is 3. The van der Waals surface area contributed by atoms with Gasteiger partial charge in [-0.25, -0.2) is 47.6 Å². The number of hydrogen-bond acceptors (Lipinski definition) is 25. The number of urea groups is 1. The van der Waals surface area contributed by atoms with E-state index in [9.17, 15) is 80.7 Å². The molecule has 4 amide bonds. The van der Waals surface area contributed by atoms with Crippen molar-refractivity contribution in [2.75, 3.05) is 53.5 Å². The Hall–Kier alpha value is -4.81. The van der Waals surface area contributed by atoms with E-state index in [1.165, 1.54) is 36.0 Å². The molecular formula is C39H48F3N9O23P4S2. The number of nitrogens with one attached hydrogen (secondary N) is 4. The number of fused-ring (bicyclic) bond motifs is 1. The first-order valence-corrected chi connectivity index (χ1v) is 31.1. The van der Waals surface area contributed by atoms with Gasteiger partial charge in [0.1, 0.15) is 30.6 Å². The summed E-state index contributed by atoms with van der Waals surface area (Å²) in [6.07, 6.45) is -19.6. The van der Waals surface area contributed by atoms with Crippen molar-refractivity contribution in [3.63, 3.8) is 0 Å². The van der Waals surface area contributed by atoms with Crippen molar-refractivity contribution in [1.29, 1.82) is 0 Å². The fraction of sp³-hybridized carbons (Fsp3) is 0.436. The van der Waals surface area contributed by atoms with Crippen molar-refractivity contribution >= 4 is 101 Å². The maximum absolute atomic E-state index is 13.3. The standard InChI is InChI=1S/C39H48F3N9O23P4S2/c1-79-17-14-43-31-26-32(49-35(48-31)80-16-13-39(40,41)42)51(20-44-26)33-28(54)27(53)23(68-33)18-66-75(58,59)72-77(62,63)74-78(64,65)73-76(60,61)67-19-24-29(70-37(56)45-21-8-4-2-5-9-21)30(71-38(57)46-22-10-6-3-7-11-22)34(69-24)50-15-12-25(52)47-36(50)55/h2-12,15,20,23-25,27-30,33-34,52-54H,13-14,16-19H2,1H3,(H,45,56)(H,46,57)(H,47,55)(H,58,59)(H,60,61)(H,62,63)(H,64,65)(H,43,48,49)/t23-,24-,25?,27-,28-,29-,30-,33-,34-/m1/s1. The molecule has 13 atom stereocenters. The molecule has 0 radical (unpaired) electrons. The molecule has 32 nitrogen and oxygen atoms in total. The first kappa shape index (κ1) is 62.8. The number of imidazole rings is 1. The average molecular weight is 1260 g/mol. The first-order valence-electron chi connectivity index (χ1n) is 22.7. The summed E-state index contributed by atoms with van der Waals surface area (Å²) < 4.78 is 136. The minimum atomic E-state index is -6.46. The highest BCUT2D eigenvalue weighted by Crippen LogP contribution is 2.71. The molecule has 0 spiro atoms. The molecule has 440 valence electrons. The van der Waals surface area contributed by atoms with Crippen LogP contribution in [0.3, 0.4) is 0 Å². The summed E-state index contributed by atoms with van der Waals surface area (Å²) in [6, 6.07) is 14.2. The Balaban J connectivity index is 0.998. The number of carbonyl (C=O) groups excluding carboxylic acids is 3. The molecule has 4 aromatic rings. The van der Waals surface area contributed by atoms with Crippen LogP contribution >= 0.6 is 54.8 Å². The number of ether oxygens (including phenoxy) is 4. The fourth-order valence-electron chi connectivity index (χ4n) is 7.31. The summed E-state index contributed by atoms with van der Waals surface area (Å²) in [5.74, 6) is 0.209. The number of para-hydroxylation sites is 2. The molecule has 3 aliphatic heterocycles. The highest BCUT2D eigenvalue weighted by Gasteiger charge is 2.55. The number of benzene rings is 2. The molecule has 2 saturated heterocycles. The van der Waals surface area contributed by atoms with E-state index in [2.05, 4.69) is 53.7 Å². The zero-order valence-electron chi connectivity index (χ0n) is 40.6. The first-order chi connectivity index (χ1) is 37.6. The van der Waals surface area contributed by atoms with Gasteiger partial charge in [0.25, 0.3) is 0 Å². The van der Waals surface area contributed by atoms with Gasteiger partial charge in [0.15, 0.2) is 46.8 Å². The van der Waals surface area contributed by atoms with Crippen molar-refractivity contribution in [3.05, 3.63) is 79.3 Å². The lowest BCUT2D eigenvalue weighted by atomic mass is 10.1. The summed E-state index contributed by atoms with van der Waals surface area (Å²) in [4.78, 5) is 94.4. The summed E-state index contributed by atoms with van der Waals surface area (Å²) in [6.45, 7) is -2.27. The SMILES string of the molecule is CSCCNc1nc(SCCC(F)(F)F)nc2c1ncn2[C@@H]1O[C@H](COP(=O)(O)OP(=O)(O)OP(=O)(O)OP(=O)(O)OC[C@H]2O[C@@H](N3C=CC(O)NC3=O)[C@H](OC(=O)Nc3ccccc3)[C@@H]2OC(=O)Nc2ccccc2)[C@@H](O)[C@H]1O. The Morgan fingerprint density at radius 1 is 0.762 bits per heavy atom. The molecule has 2 aromatic carbocycles. The summed E-state index contributed by atoms with van der Waals surface area (Å²) in [7, 11) is -25.0. The third-order valence-electron chi connectivity index (χ3n) is 10.7. The maximum atomic E-state index is 13.3. The monoisotopic (exact) mass is 1260 g/mol. The molecule has 41 heteroatoms. The van der Waals surface area contributed by atoms with Crippen LogP contribution in [0.25, 0.3) is 11.2 Å². The van der Waals surface area contributed by atoms with Gasteiger partial charge in [0, 0.05) is 35.6 Å². The Kier molecular flexibility index (Phi) is 20.9. The number of phosphoric acid groups is 4. The number of rotatable bonds is 25. The van der Waals surface area contributed by atoms with E-state index in [4.69, 9.17) is 23.5 Å². The molecule has 80 heavy (non-hydrogen) atoms. The maximum Gasteiger partial charge on any atom is 0.490 e. The number of alkyl halides is 3. The van der Waals surface area contributed by atoms with E-state index in [1.807, 2.05) is 6.26 Å². The predicted molar refractivity (Wildman–Crippen MR) is 269 cm³/mol. The highest BCUT2D eigenvalue weighted by molar-refractivity contribution is 7.99. The zero-order chi connectivity index (χ0) is 58.2. The molecule has 11 N–H and O–H groups in total. The van der Waals surface area contributed by atoms with E-state index >= 15 is 0 Å². The number of thioether (sulfide) groups is 2. The van der Waals surface area contributed by atoms with Crippen LogP contribution in [-0.4, -0.2) is 170 Å². The van der Waals surface area contributed by atoms with Crippen LogP contribution < -0.4 is 21.3 Å². The van der Waals surface area contributed by atoms with E-state index in [0.717, 1.165) is 28.1 Å². The van der Waals surface area contributed by atoms with Crippen molar-refractivity contribution < 1.29 is 122 Å². The van der Waals surface area contributed by atoms with Gasteiger partial charge in [-0.1, -0.05) is 48.2 Å².